The third-order valence-electron chi connectivity index (χ3n) is 4.61. The minimum atomic E-state index is -2.96. The predicted octanol–water partition coefficient (Wildman–Crippen LogP) is 2.74. The van der Waals surface area contributed by atoms with E-state index in [1.54, 1.807) is 23.3 Å². The minimum Gasteiger partial charge on any atom is -0.323 e. The van der Waals surface area contributed by atoms with Gasteiger partial charge < -0.3 is 4.98 Å². The van der Waals surface area contributed by atoms with Crippen LogP contribution >= 0.6 is 0 Å². The Morgan fingerprint density at radius 1 is 1.18 bits per heavy atom. The maximum absolute atomic E-state index is 11.3. The van der Waals surface area contributed by atoms with Gasteiger partial charge in [-0.15, -0.1) is 0 Å². The van der Waals surface area contributed by atoms with Crippen LogP contribution in [0, 0.1) is 0 Å². The van der Waals surface area contributed by atoms with Gasteiger partial charge in [-0.25, -0.2) is 28.1 Å². The van der Waals surface area contributed by atoms with Gasteiger partial charge >= 0.3 is 0 Å². The molecule has 4 rings (SSSR count). The average Bonchev–Trinajstić information content (AvgIpc) is 3.32. The number of hydrogen-bond acceptors (Lipinski definition) is 6. The summed E-state index contributed by atoms with van der Waals surface area (Å²) in [6.45, 7) is 2.00. The van der Waals surface area contributed by atoms with Crippen LogP contribution in [0.5, 0.6) is 0 Å². The first-order valence-electron chi connectivity index (χ1n) is 8.89. The van der Waals surface area contributed by atoms with Crippen molar-refractivity contribution < 1.29 is 8.42 Å². The first kappa shape index (κ1) is 18.3. The summed E-state index contributed by atoms with van der Waals surface area (Å²) in [6.07, 6.45) is 8.90. The van der Waals surface area contributed by atoms with Gasteiger partial charge in [-0.3, -0.25) is 0 Å². The van der Waals surface area contributed by atoms with Gasteiger partial charge in [-0.2, -0.15) is 5.10 Å². The van der Waals surface area contributed by atoms with E-state index in [0.717, 1.165) is 22.3 Å². The Balaban J connectivity index is 1.52. The first-order chi connectivity index (χ1) is 13.4. The molecule has 1 N–H and O–H groups in total. The highest BCUT2D eigenvalue weighted by atomic mass is 32.2. The molecule has 0 radical (unpaired) electrons. The maximum Gasteiger partial charge on any atom is 0.157 e. The van der Waals surface area contributed by atoms with Crippen LogP contribution in [-0.4, -0.2) is 50.1 Å². The SMILES string of the molecule is CC(CCS(C)(=O)=O)c1ccc(-n2cc(-c3nc4cccnc4[nH]3)cn2)nc1. The third kappa shape index (κ3) is 3.94. The number of nitrogens with one attached hydrogen (secondary N) is 1. The summed E-state index contributed by atoms with van der Waals surface area (Å²) in [7, 11) is -2.96. The zero-order chi connectivity index (χ0) is 19.7. The van der Waals surface area contributed by atoms with E-state index < -0.39 is 9.84 Å². The van der Waals surface area contributed by atoms with Gasteiger partial charge in [0.25, 0.3) is 0 Å². The lowest BCUT2D eigenvalue weighted by molar-refractivity contribution is 0.594. The Labute approximate surface area is 162 Å². The molecular formula is C19H20N6O2S. The molecule has 0 bridgehead atoms. The number of fused-ring (bicyclic) bond motifs is 1. The van der Waals surface area contributed by atoms with E-state index in [1.807, 2.05) is 37.4 Å². The molecule has 8 nitrogen and oxygen atoms in total. The number of imidazole rings is 1. The largest absolute Gasteiger partial charge is 0.323 e. The molecule has 0 aliphatic heterocycles. The van der Waals surface area contributed by atoms with E-state index in [1.165, 1.54) is 6.26 Å². The third-order valence-corrected chi connectivity index (χ3v) is 5.58. The van der Waals surface area contributed by atoms with Crippen LogP contribution in [0.4, 0.5) is 0 Å². The highest BCUT2D eigenvalue weighted by Crippen LogP contribution is 2.22. The fraction of sp³-hybridized carbons (Fsp3) is 0.263. The Kier molecular flexibility index (Phi) is 4.68. The van der Waals surface area contributed by atoms with Crippen LogP contribution in [0.3, 0.4) is 0 Å². The van der Waals surface area contributed by atoms with Gasteiger partial charge in [0.1, 0.15) is 21.2 Å². The minimum absolute atomic E-state index is 0.118. The van der Waals surface area contributed by atoms with Crippen molar-refractivity contribution in [1.29, 1.82) is 0 Å². The van der Waals surface area contributed by atoms with Crippen molar-refractivity contribution >= 4 is 21.0 Å². The van der Waals surface area contributed by atoms with Crippen LogP contribution in [0.2, 0.25) is 0 Å². The van der Waals surface area contributed by atoms with E-state index >= 15 is 0 Å². The zero-order valence-corrected chi connectivity index (χ0v) is 16.4. The summed E-state index contributed by atoms with van der Waals surface area (Å²) in [6, 6.07) is 7.59. The zero-order valence-electron chi connectivity index (χ0n) is 15.6. The molecule has 4 heterocycles. The quantitative estimate of drug-likeness (QED) is 0.537. The second kappa shape index (κ2) is 7.16. The average molecular weight is 396 g/mol. The second-order valence-electron chi connectivity index (χ2n) is 6.90. The van der Waals surface area contributed by atoms with Gasteiger partial charge in [0.2, 0.25) is 0 Å². The van der Waals surface area contributed by atoms with E-state index in [2.05, 4.69) is 25.0 Å². The number of pyridine rings is 2. The molecular weight excluding hydrogens is 376 g/mol. The van der Waals surface area contributed by atoms with Gasteiger partial charge in [0, 0.05) is 24.8 Å². The van der Waals surface area contributed by atoms with E-state index in [0.29, 0.717) is 18.1 Å². The first-order valence-corrected chi connectivity index (χ1v) is 10.9. The van der Waals surface area contributed by atoms with E-state index in [9.17, 15) is 8.42 Å². The van der Waals surface area contributed by atoms with Gasteiger partial charge in [-0.05, 0) is 36.1 Å². The number of H-pyrrole nitrogens is 1. The monoisotopic (exact) mass is 396 g/mol. The van der Waals surface area contributed by atoms with Gasteiger partial charge in [0.05, 0.1) is 17.5 Å². The topological polar surface area (TPSA) is 106 Å². The standard InChI is InChI=1S/C19H20N6O2S/c1-13(7-9-28(2,26)27)14-5-6-17(21-10-14)25-12-15(11-22-25)18-23-16-4-3-8-20-19(16)24-18/h3-6,8,10-13H,7,9H2,1-2H3,(H,20,23,24). The van der Waals surface area contributed by atoms with Crippen LogP contribution in [-0.2, 0) is 9.84 Å². The molecule has 0 aliphatic rings. The molecule has 9 heteroatoms. The molecule has 0 aliphatic carbocycles. The lowest BCUT2D eigenvalue weighted by Crippen LogP contribution is -2.07. The van der Waals surface area contributed by atoms with Gasteiger partial charge in [0.15, 0.2) is 11.5 Å². The molecule has 1 atom stereocenters. The second-order valence-corrected chi connectivity index (χ2v) is 9.16. The smallest absolute Gasteiger partial charge is 0.157 e. The molecule has 1 unspecified atom stereocenters. The summed E-state index contributed by atoms with van der Waals surface area (Å²) in [4.78, 5) is 16.4. The molecule has 0 saturated carbocycles. The molecule has 0 aromatic carbocycles. The Morgan fingerprint density at radius 2 is 2.04 bits per heavy atom. The highest BCUT2D eigenvalue weighted by Gasteiger charge is 2.12. The van der Waals surface area contributed by atoms with Crippen LogP contribution < -0.4 is 0 Å². The number of nitrogens with zero attached hydrogens (tertiary/aromatic N) is 5. The number of rotatable bonds is 6. The fourth-order valence-electron chi connectivity index (χ4n) is 2.93. The lowest BCUT2D eigenvalue weighted by Gasteiger charge is -2.11. The number of aromatic nitrogens is 6. The van der Waals surface area contributed by atoms with Crippen molar-refractivity contribution in [2.24, 2.45) is 0 Å². The normalized spacial score (nSPS) is 13.1. The predicted molar refractivity (Wildman–Crippen MR) is 107 cm³/mol. The number of sulfone groups is 1. The molecule has 0 spiro atoms. The van der Waals surface area contributed by atoms with Crippen LogP contribution in [0.1, 0.15) is 24.8 Å². The van der Waals surface area contributed by atoms with Crippen molar-refractivity contribution in [3.63, 3.8) is 0 Å². The molecule has 144 valence electrons. The van der Waals surface area contributed by atoms with Crippen molar-refractivity contribution in [2.45, 2.75) is 19.3 Å². The van der Waals surface area contributed by atoms with Crippen molar-refractivity contribution in [1.82, 2.24) is 29.7 Å². The Morgan fingerprint density at radius 3 is 2.75 bits per heavy atom. The summed E-state index contributed by atoms with van der Waals surface area (Å²) in [5.74, 6) is 1.67. The van der Waals surface area contributed by atoms with Crippen LogP contribution in [0.15, 0.2) is 49.1 Å². The summed E-state index contributed by atoms with van der Waals surface area (Å²) in [5.41, 5.74) is 3.38. The van der Waals surface area contributed by atoms with Crippen molar-refractivity contribution in [3.8, 4) is 17.2 Å². The van der Waals surface area contributed by atoms with Crippen molar-refractivity contribution in [3.05, 3.63) is 54.6 Å². The van der Waals surface area contributed by atoms with E-state index in [-0.39, 0.29) is 11.7 Å². The summed E-state index contributed by atoms with van der Waals surface area (Å²) in [5, 5.41) is 4.37. The fourth-order valence-corrected chi connectivity index (χ4v) is 3.71. The molecule has 4 aromatic rings. The maximum atomic E-state index is 11.3. The highest BCUT2D eigenvalue weighted by molar-refractivity contribution is 7.90. The molecule has 0 fully saturated rings. The van der Waals surface area contributed by atoms with Crippen molar-refractivity contribution in [2.75, 3.05) is 12.0 Å². The lowest BCUT2D eigenvalue weighted by atomic mass is 10.0. The summed E-state index contributed by atoms with van der Waals surface area (Å²) < 4.78 is 24.4. The molecule has 0 amide bonds. The molecule has 28 heavy (non-hydrogen) atoms. The number of hydrogen-bond donors (Lipinski definition) is 1. The Hall–Kier alpha value is -3.07. The van der Waals surface area contributed by atoms with E-state index in [4.69, 9.17) is 0 Å². The number of aromatic amines is 1. The molecule has 0 saturated heterocycles. The van der Waals surface area contributed by atoms with Crippen LogP contribution in [0.25, 0.3) is 28.4 Å². The summed E-state index contributed by atoms with van der Waals surface area (Å²) >= 11 is 0. The Bertz CT molecular complexity index is 1180. The van der Waals surface area contributed by atoms with Gasteiger partial charge in [-0.1, -0.05) is 13.0 Å². The molecule has 4 aromatic heterocycles.